The Hall–Kier alpha value is 0.110. The van der Waals surface area contributed by atoms with Crippen LogP contribution in [0.25, 0.3) is 0 Å². The van der Waals surface area contributed by atoms with Crippen molar-refractivity contribution >= 4 is 10.7 Å². The fourth-order valence-electron chi connectivity index (χ4n) is 0.950. The molecule has 0 amide bonds. The van der Waals surface area contributed by atoms with Crippen LogP contribution < -0.4 is 5.73 Å². The van der Waals surface area contributed by atoms with E-state index in [4.69, 9.17) is 5.73 Å². The van der Waals surface area contributed by atoms with Crippen LogP contribution in [0.5, 0.6) is 0 Å². The molecule has 1 aliphatic heterocycles. The summed E-state index contributed by atoms with van der Waals surface area (Å²) in [4.78, 5) is 0. The van der Waals surface area contributed by atoms with Gasteiger partial charge in [-0.05, 0) is 12.8 Å². The minimum absolute atomic E-state index is 0.418. The first-order chi connectivity index (χ1) is 4.43. The van der Waals surface area contributed by atoms with Crippen molar-refractivity contribution in [1.29, 1.82) is 0 Å². The summed E-state index contributed by atoms with van der Waals surface area (Å²) in [6.07, 6.45) is 2.77. The lowest BCUT2D eigenvalue weighted by Crippen LogP contribution is -2.04. The van der Waals surface area contributed by atoms with E-state index in [1.807, 2.05) is 0 Å². The van der Waals surface area contributed by atoms with Crippen LogP contribution in [0.4, 0.5) is 0 Å². The first kappa shape index (κ1) is 7.22. The number of nitrogens with zero attached hydrogens (tertiary/aromatic N) is 1. The van der Waals surface area contributed by atoms with Gasteiger partial charge in [-0.2, -0.15) is 0 Å². The first-order valence-corrected chi connectivity index (χ1v) is 5.00. The minimum Gasteiger partial charge on any atom is -0.329 e. The topological polar surface area (TPSA) is 38.4 Å². The number of hydrogen-bond acceptors (Lipinski definition) is 2. The zero-order valence-electron chi connectivity index (χ0n) is 5.68. The maximum atomic E-state index is 5.32. The van der Waals surface area contributed by atoms with E-state index >= 15 is 0 Å². The maximum absolute atomic E-state index is 5.32. The van der Waals surface area contributed by atoms with E-state index in [1.165, 1.54) is 24.3 Å². The average Bonchev–Trinajstić information content (AvgIpc) is 2.34. The van der Waals surface area contributed by atoms with Crippen LogP contribution in [0, 0.1) is 0 Å². The summed E-state index contributed by atoms with van der Waals surface area (Å²) in [5, 5.41) is 0. The first-order valence-electron chi connectivity index (χ1n) is 3.48. The third-order valence-corrected chi connectivity index (χ3v) is 3.48. The Morgan fingerprint density at radius 2 is 2.00 bits per heavy atom. The van der Waals surface area contributed by atoms with E-state index in [-0.39, 0.29) is 0 Å². The lowest BCUT2D eigenvalue weighted by molar-refractivity contribution is 0.949. The Labute approximate surface area is 58.9 Å². The molecule has 0 saturated carbocycles. The summed E-state index contributed by atoms with van der Waals surface area (Å²) in [6, 6.07) is 0. The number of rotatable bonds is 2. The standard InChI is InChI=1S/C6H14N2S/c7-3-4-8-9-5-1-2-6-9/h1-7H2. The molecule has 1 fully saturated rings. The second-order valence-electron chi connectivity index (χ2n) is 2.22. The predicted octanol–water partition coefficient (Wildman–Crippen LogP) is 0.541. The van der Waals surface area contributed by atoms with E-state index in [2.05, 4.69) is 4.36 Å². The largest absolute Gasteiger partial charge is 0.329 e. The molecule has 2 N–H and O–H groups in total. The second-order valence-corrected chi connectivity index (χ2v) is 4.22. The van der Waals surface area contributed by atoms with Gasteiger partial charge in [0.05, 0.1) is 6.54 Å². The van der Waals surface area contributed by atoms with Gasteiger partial charge in [0.15, 0.2) is 0 Å². The second kappa shape index (κ2) is 4.01. The third kappa shape index (κ3) is 2.45. The van der Waals surface area contributed by atoms with E-state index in [0.29, 0.717) is 10.7 Å². The van der Waals surface area contributed by atoms with E-state index in [0.717, 1.165) is 13.1 Å². The Morgan fingerprint density at radius 3 is 2.56 bits per heavy atom. The van der Waals surface area contributed by atoms with Crippen LogP contribution in [0.15, 0.2) is 4.36 Å². The van der Waals surface area contributed by atoms with Gasteiger partial charge in [-0.1, -0.05) is 0 Å². The average molecular weight is 146 g/mol. The molecule has 0 spiro atoms. The molecule has 9 heavy (non-hydrogen) atoms. The maximum Gasteiger partial charge on any atom is 0.0580 e. The highest BCUT2D eigenvalue weighted by Gasteiger charge is 2.04. The molecule has 0 radical (unpaired) electrons. The molecular formula is C6H14N2S. The van der Waals surface area contributed by atoms with Crippen molar-refractivity contribution in [2.75, 3.05) is 24.6 Å². The van der Waals surface area contributed by atoms with Crippen LogP contribution in [0.3, 0.4) is 0 Å². The highest BCUT2D eigenvalue weighted by molar-refractivity contribution is 7.87. The van der Waals surface area contributed by atoms with Crippen molar-refractivity contribution in [3.63, 3.8) is 0 Å². The highest BCUT2D eigenvalue weighted by atomic mass is 32.2. The molecule has 3 heteroatoms. The fourth-order valence-corrected chi connectivity index (χ4v) is 2.85. The summed E-state index contributed by atoms with van der Waals surface area (Å²) in [6.45, 7) is 1.60. The molecule has 1 aliphatic rings. The van der Waals surface area contributed by atoms with Crippen LogP contribution in [0.2, 0.25) is 0 Å². The van der Waals surface area contributed by atoms with Crippen LogP contribution in [-0.2, 0) is 10.7 Å². The molecule has 0 bridgehead atoms. The van der Waals surface area contributed by atoms with Gasteiger partial charge < -0.3 is 5.73 Å². The zero-order valence-corrected chi connectivity index (χ0v) is 6.49. The van der Waals surface area contributed by atoms with Crippen molar-refractivity contribution < 1.29 is 0 Å². The van der Waals surface area contributed by atoms with Crippen molar-refractivity contribution in [2.24, 2.45) is 10.1 Å². The van der Waals surface area contributed by atoms with Crippen LogP contribution in [-0.4, -0.2) is 24.6 Å². The molecule has 0 aromatic carbocycles. The molecule has 0 aliphatic carbocycles. The van der Waals surface area contributed by atoms with Gasteiger partial charge in [-0.3, -0.25) is 4.36 Å². The SMILES string of the molecule is NCCN=S1CCCC1. The van der Waals surface area contributed by atoms with Crippen molar-refractivity contribution in [3.05, 3.63) is 0 Å². The molecule has 2 nitrogen and oxygen atoms in total. The highest BCUT2D eigenvalue weighted by Crippen LogP contribution is 2.07. The lowest BCUT2D eigenvalue weighted by atomic mass is 10.4. The van der Waals surface area contributed by atoms with Gasteiger partial charge in [-0.15, -0.1) is 10.7 Å². The quantitative estimate of drug-likeness (QED) is 0.606. The van der Waals surface area contributed by atoms with E-state index in [1.54, 1.807) is 0 Å². The van der Waals surface area contributed by atoms with Crippen LogP contribution in [0.1, 0.15) is 12.8 Å². The smallest absolute Gasteiger partial charge is 0.0580 e. The number of hydrogen-bond donors (Lipinski definition) is 1. The summed E-state index contributed by atoms with van der Waals surface area (Å²) in [7, 11) is 0.418. The van der Waals surface area contributed by atoms with E-state index in [9.17, 15) is 0 Å². The Bertz CT molecular complexity index is 104. The van der Waals surface area contributed by atoms with Crippen molar-refractivity contribution in [2.45, 2.75) is 12.8 Å². The summed E-state index contributed by atoms with van der Waals surface area (Å²) >= 11 is 0. The molecule has 0 aromatic heterocycles. The van der Waals surface area contributed by atoms with Gasteiger partial charge in [-0.25, -0.2) is 0 Å². The van der Waals surface area contributed by atoms with Crippen molar-refractivity contribution in [3.8, 4) is 0 Å². The van der Waals surface area contributed by atoms with Crippen molar-refractivity contribution in [1.82, 2.24) is 0 Å². The molecule has 0 aromatic rings. The molecule has 1 rings (SSSR count). The normalized spacial score (nSPS) is 20.6. The lowest BCUT2D eigenvalue weighted by Gasteiger charge is -1.93. The summed E-state index contributed by atoms with van der Waals surface area (Å²) in [5.74, 6) is 2.67. The van der Waals surface area contributed by atoms with Crippen LogP contribution >= 0.6 is 0 Å². The van der Waals surface area contributed by atoms with Gasteiger partial charge in [0.1, 0.15) is 0 Å². The molecule has 1 saturated heterocycles. The molecule has 1 heterocycles. The Balaban J connectivity index is 2.22. The predicted molar refractivity (Wildman–Crippen MR) is 42.7 cm³/mol. The van der Waals surface area contributed by atoms with E-state index < -0.39 is 0 Å². The molecular weight excluding hydrogens is 132 g/mol. The van der Waals surface area contributed by atoms with Gasteiger partial charge in [0.25, 0.3) is 0 Å². The molecule has 0 atom stereocenters. The third-order valence-electron chi connectivity index (χ3n) is 1.41. The molecule has 0 unspecified atom stereocenters. The summed E-state index contributed by atoms with van der Waals surface area (Å²) < 4.78 is 4.44. The zero-order chi connectivity index (χ0) is 6.53. The van der Waals surface area contributed by atoms with Gasteiger partial charge >= 0.3 is 0 Å². The minimum atomic E-state index is 0.418. The number of nitrogens with two attached hydrogens (primary N) is 1. The van der Waals surface area contributed by atoms with Gasteiger partial charge in [0.2, 0.25) is 0 Å². The Kier molecular flexibility index (Phi) is 3.22. The van der Waals surface area contributed by atoms with Gasteiger partial charge in [0, 0.05) is 18.1 Å². The summed E-state index contributed by atoms with van der Waals surface area (Å²) in [5.41, 5.74) is 5.32. The Morgan fingerprint density at radius 1 is 1.33 bits per heavy atom. The molecule has 54 valence electrons. The fraction of sp³-hybridized carbons (Fsp3) is 1.00. The monoisotopic (exact) mass is 146 g/mol.